The lowest BCUT2D eigenvalue weighted by Crippen LogP contribution is -2.25. The van der Waals surface area contributed by atoms with Crippen LogP contribution in [-0.2, 0) is 9.22 Å². The second kappa shape index (κ2) is 6.12. The van der Waals surface area contributed by atoms with Gasteiger partial charge < -0.3 is 9.74 Å². The minimum Gasteiger partial charge on any atom is -0.421 e. The van der Waals surface area contributed by atoms with E-state index in [1.54, 1.807) is 14.0 Å². The molecule has 0 rings (SSSR count). The van der Waals surface area contributed by atoms with Crippen LogP contribution in [0.15, 0.2) is 12.2 Å². The van der Waals surface area contributed by atoms with Crippen molar-refractivity contribution in [1.82, 2.24) is 5.32 Å². The van der Waals surface area contributed by atoms with Crippen LogP contribution < -0.4 is 5.32 Å². The van der Waals surface area contributed by atoms with Gasteiger partial charge in [0.15, 0.2) is 0 Å². The first-order valence-corrected chi connectivity index (χ1v) is 4.49. The van der Waals surface area contributed by atoms with Crippen molar-refractivity contribution in [3.8, 4) is 0 Å². The summed E-state index contributed by atoms with van der Waals surface area (Å²) in [7, 11) is 2.12. The molecular formula is C7H13NO2Si. The average Bonchev–Trinajstić information content (AvgIpc) is 1.97. The van der Waals surface area contributed by atoms with Crippen LogP contribution >= 0.6 is 0 Å². The zero-order chi connectivity index (χ0) is 8.69. The third kappa shape index (κ3) is 5.81. The Morgan fingerprint density at radius 2 is 2.36 bits per heavy atom. The molecule has 62 valence electrons. The van der Waals surface area contributed by atoms with Crippen molar-refractivity contribution in [3.63, 3.8) is 0 Å². The van der Waals surface area contributed by atoms with Crippen molar-refractivity contribution in [2.75, 3.05) is 13.7 Å². The summed E-state index contributed by atoms with van der Waals surface area (Å²) in [6, 6.07) is 0.871. The second-order valence-electron chi connectivity index (χ2n) is 2.13. The number of carbonyl (C=O) groups is 1. The maximum absolute atomic E-state index is 10.9. The van der Waals surface area contributed by atoms with Crippen molar-refractivity contribution in [2.24, 2.45) is 0 Å². The number of amides is 1. The van der Waals surface area contributed by atoms with E-state index in [1.807, 2.05) is 0 Å². The molecule has 0 spiro atoms. The highest BCUT2D eigenvalue weighted by Gasteiger charge is 1.98. The van der Waals surface area contributed by atoms with Gasteiger partial charge in [-0.1, -0.05) is 6.58 Å². The molecule has 0 aliphatic heterocycles. The van der Waals surface area contributed by atoms with Gasteiger partial charge in [0.2, 0.25) is 15.7 Å². The number of nitrogens with one attached hydrogen (secondary N) is 1. The van der Waals surface area contributed by atoms with Crippen molar-refractivity contribution in [1.29, 1.82) is 0 Å². The molecule has 0 saturated carbocycles. The average molecular weight is 171 g/mol. The van der Waals surface area contributed by atoms with Crippen molar-refractivity contribution >= 4 is 15.7 Å². The van der Waals surface area contributed by atoms with Gasteiger partial charge in [-0.15, -0.1) is 0 Å². The van der Waals surface area contributed by atoms with Gasteiger partial charge in [-0.05, 0) is 13.0 Å². The highest BCUT2D eigenvalue weighted by atomic mass is 28.2. The minimum atomic E-state index is -0.0779. The maximum atomic E-state index is 10.9. The van der Waals surface area contributed by atoms with E-state index in [4.69, 9.17) is 4.43 Å². The predicted octanol–water partition coefficient (Wildman–Crippen LogP) is 0.363. The molecule has 2 radical (unpaired) electrons. The van der Waals surface area contributed by atoms with E-state index in [1.165, 1.54) is 0 Å². The fourth-order valence-corrected chi connectivity index (χ4v) is 0.911. The normalized spacial score (nSPS) is 9.27. The monoisotopic (exact) mass is 171 g/mol. The lowest BCUT2D eigenvalue weighted by Gasteiger charge is -2.01. The Kier molecular flexibility index (Phi) is 5.78. The molecule has 0 unspecified atom stereocenters. The van der Waals surface area contributed by atoms with Crippen LogP contribution in [0.1, 0.15) is 6.92 Å². The van der Waals surface area contributed by atoms with Crippen LogP contribution in [0.3, 0.4) is 0 Å². The van der Waals surface area contributed by atoms with Crippen LogP contribution in [0.5, 0.6) is 0 Å². The summed E-state index contributed by atoms with van der Waals surface area (Å²) in [6.07, 6.45) is 0. The quantitative estimate of drug-likeness (QED) is 0.368. The molecule has 0 heterocycles. The number of carbonyl (C=O) groups excluding carboxylic acids is 1. The Bertz CT molecular complexity index is 147. The molecule has 0 aromatic carbocycles. The summed E-state index contributed by atoms with van der Waals surface area (Å²) in [5.41, 5.74) is 0.547. The van der Waals surface area contributed by atoms with E-state index in [-0.39, 0.29) is 5.91 Å². The Morgan fingerprint density at radius 1 is 1.73 bits per heavy atom. The summed E-state index contributed by atoms with van der Waals surface area (Å²) in [5.74, 6) is -0.0779. The van der Waals surface area contributed by atoms with E-state index < -0.39 is 0 Å². The fourth-order valence-electron chi connectivity index (χ4n) is 0.480. The van der Waals surface area contributed by atoms with Gasteiger partial charge in [0.05, 0.1) is 0 Å². The highest BCUT2D eigenvalue weighted by Crippen LogP contribution is 1.85. The first kappa shape index (κ1) is 10.4. The molecule has 1 N–H and O–H groups in total. The topological polar surface area (TPSA) is 38.3 Å². The SMILES string of the molecule is C=C(C)C(=O)NCC[Si]OC. The van der Waals surface area contributed by atoms with E-state index >= 15 is 0 Å². The van der Waals surface area contributed by atoms with Crippen molar-refractivity contribution in [3.05, 3.63) is 12.2 Å². The van der Waals surface area contributed by atoms with Crippen LogP contribution in [0.25, 0.3) is 0 Å². The van der Waals surface area contributed by atoms with Gasteiger partial charge in [0, 0.05) is 19.2 Å². The number of hydrogen-bond donors (Lipinski definition) is 1. The van der Waals surface area contributed by atoms with Crippen LogP contribution in [-0.4, -0.2) is 29.3 Å². The molecule has 0 atom stereocenters. The van der Waals surface area contributed by atoms with Gasteiger partial charge in [-0.25, -0.2) is 0 Å². The Morgan fingerprint density at radius 3 is 2.82 bits per heavy atom. The van der Waals surface area contributed by atoms with E-state index in [0.717, 1.165) is 6.04 Å². The molecule has 11 heavy (non-hydrogen) atoms. The third-order valence-electron chi connectivity index (χ3n) is 1.04. The van der Waals surface area contributed by atoms with Crippen molar-refractivity contribution in [2.45, 2.75) is 13.0 Å². The fraction of sp³-hybridized carbons (Fsp3) is 0.571. The Balaban J connectivity index is 3.25. The standard InChI is InChI=1S/C7H13NO2Si/c1-6(2)7(9)8-4-5-11-10-3/h1,4-5H2,2-3H3,(H,8,9). The van der Waals surface area contributed by atoms with Gasteiger partial charge in [-0.3, -0.25) is 4.79 Å². The van der Waals surface area contributed by atoms with Gasteiger partial charge in [0.1, 0.15) is 0 Å². The number of hydrogen-bond acceptors (Lipinski definition) is 2. The van der Waals surface area contributed by atoms with Crippen molar-refractivity contribution < 1.29 is 9.22 Å². The lowest BCUT2D eigenvalue weighted by atomic mass is 10.3. The van der Waals surface area contributed by atoms with Gasteiger partial charge in [-0.2, -0.15) is 0 Å². The Labute approximate surface area is 69.8 Å². The molecule has 4 heteroatoms. The smallest absolute Gasteiger partial charge is 0.246 e. The number of rotatable bonds is 5. The minimum absolute atomic E-state index is 0.0779. The molecule has 0 aromatic rings. The van der Waals surface area contributed by atoms with Crippen LogP contribution in [0.2, 0.25) is 6.04 Å². The van der Waals surface area contributed by atoms with Gasteiger partial charge in [0.25, 0.3) is 0 Å². The third-order valence-corrected chi connectivity index (χ3v) is 1.79. The summed E-state index contributed by atoms with van der Waals surface area (Å²) in [6.45, 7) is 5.87. The predicted molar refractivity (Wildman–Crippen MR) is 45.4 cm³/mol. The summed E-state index contributed by atoms with van der Waals surface area (Å²) in [5, 5.41) is 2.71. The zero-order valence-electron chi connectivity index (χ0n) is 6.94. The molecular weight excluding hydrogens is 158 g/mol. The molecule has 3 nitrogen and oxygen atoms in total. The molecule has 0 aliphatic rings. The molecule has 1 amide bonds. The first-order valence-electron chi connectivity index (χ1n) is 3.38. The zero-order valence-corrected chi connectivity index (χ0v) is 7.94. The summed E-state index contributed by atoms with van der Waals surface area (Å²) in [4.78, 5) is 10.9. The molecule has 0 saturated heterocycles. The molecule has 0 aromatic heterocycles. The van der Waals surface area contributed by atoms with E-state index in [2.05, 4.69) is 11.9 Å². The largest absolute Gasteiger partial charge is 0.421 e. The van der Waals surface area contributed by atoms with Gasteiger partial charge >= 0.3 is 0 Å². The molecule has 0 aliphatic carbocycles. The second-order valence-corrected chi connectivity index (χ2v) is 3.33. The molecule has 0 bridgehead atoms. The maximum Gasteiger partial charge on any atom is 0.246 e. The van der Waals surface area contributed by atoms with E-state index in [0.29, 0.717) is 21.9 Å². The van der Waals surface area contributed by atoms with Crippen LogP contribution in [0, 0.1) is 0 Å². The summed E-state index contributed by atoms with van der Waals surface area (Å²) >= 11 is 0. The summed E-state index contributed by atoms with van der Waals surface area (Å²) < 4.78 is 4.84. The lowest BCUT2D eigenvalue weighted by molar-refractivity contribution is -0.117. The van der Waals surface area contributed by atoms with E-state index in [9.17, 15) is 4.79 Å². The van der Waals surface area contributed by atoms with Crippen LogP contribution in [0.4, 0.5) is 0 Å². The first-order chi connectivity index (χ1) is 5.18. The molecule has 0 fully saturated rings. The Hall–Kier alpha value is -0.613. The highest BCUT2D eigenvalue weighted by molar-refractivity contribution is 6.27.